The van der Waals surface area contributed by atoms with Gasteiger partial charge < -0.3 is 14.2 Å². The topological polar surface area (TPSA) is 108 Å². The molecule has 0 saturated carbocycles. The lowest BCUT2D eigenvalue weighted by Gasteiger charge is -2.24. The van der Waals surface area contributed by atoms with Crippen LogP contribution in [0.3, 0.4) is 0 Å². The first-order chi connectivity index (χ1) is 12.1. The van der Waals surface area contributed by atoms with E-state index in [1.807, 2.05) is 0 Å². The zero-order chi connectivity index (χ0) is 19.6. The molecule has 11 heteroatoms. The monoisotopic (exact) mass is 403 g/mol. The van der Waals surface area contributed by atoms with Gasteiger partial charge in [-0.25, -0.2) is 18.4 Å². The third kappa shape index (κ3) is 3.75. The Hall–Kier alpha value is -2.33. The summed E-state index contributed by atoms with van der Waals surface area (Å²) in [7, 11) is 0.0875. The molecule has 142 valence electrons. The first-order valence-corrected chi connectivity index (χ1v) is 9.50. The van der Waals surface area contributed by atoms with Gasteiger partial charge in [-0.1, -0.05) is 11.6 Å². The average Bonchev–Trinajstić information content (AvgIpc) is 2.59. The van der Waals surface area contributed by atoms with Crippen molar-refractivity contribution in [3.8, 4) is 11.8 Å². The van der Waals surface area contributed by atoms with Gasteiger partial charge in [0.1, 0.15) is 12.1 Å². The van der Waals surface area contributed by atoms with E-state index in [4.69, 9.17) is 21.1 Å². The van der Waals surface area contributed by atoms with E-state index >= 15 is 0 Å². The maximum atomic E-state index is 12.3. The first-order valence-electron chi connectivity index (χ1n) is 7.27. The largest absolute Gasteiger partial charge is 0.477 e. The summed E-state index contributed by atoms with van der Waals surface area (Å²) in [6, 6.07) is 1.53. The number of hydrogen-bond donors (Lipinski definition) is 0. The van der Waals surface area contributed by atoms with Crippen LogP contribution in [-0.4, -0.2) is 58.5 Å². The molecule has 0 amide bonds. The Morgan fingerprint density at radius 2 is 1.77 bits per heavy atom. The van der Waals surface area contributed by atoms with E-state index in [2.05, 4.69) is 14.7 Å². The van der Waals surface area contributed by atoms with Crippen molar-refractivity contribution in [2.45, 2.75) is 6.92 Å². The number of hydrogen-bond acceptors (Lipinski definition) is 8. The Morgan fingerprint density at radius 3 is 2.27 bits per heavy atom. The number of rotatable bonds is 6. The summed E-state index contributed by atoms with van der Waals surface area (Å²) in [4.78, 5) is 20.3. The van der Waals surface area contributed by atoms with Crippen molar-refractivity contribution in [2.75, 3.05) is 38.4 Å². The molecule has 0 atom stereocenters. The minimum Gasteiger partial charge on any atom is -0.477 e. The number of ether oxygens (including phenoxy) is 3. The van der Waals surface area contributed by atoms with Crippen LogP contribution >= 0.6 is 11.6 Å². The average molecular weight is 404 g/mol. The number of benzene rings is 1. The van der Waals surface area contributed by atoms with Crippen molar-refractivity contribution >= 4 is 44.3 Å². The van der Waals surface area contributed by atoms with Gasteiger partial charge in [0, 0.05) is 5.02 Å². The molecular weight excluding hydrogens is 386 g/mol. The van der Waals surface area contributed by atoms with Crippen molar-refractivity contribution in [1.29, 1.82) is 0 Å². The molecule has 0 radical (unpaired) electrons. The number of esters is 1. The van der Waals surface area contributed by atoms with Crippen molar-refractivity contribution < 1.29 is 27.4 Å². The summed E-state index contributed by atoms with van der Waals surface area (Å²) in [5.74, 6) is -0.560. The number of halogens is 1. The highest BCUT2D eigenvalue weighted by Gasteiger charge is 2.28. The molecule has 0 spiro atoms. The van der Waals surface area contributed by atoms with E-state index in [-0.39, 0.29) is 33.5 Å². The molecule has 0 fully saturated rings. The summed E-state index contributed by atoms with van der Waals surface area (Å²) < 4.78 is 40.4. The first kappa shape index (κ1) is 20.0. The fourth-order valence-corrected chi connectivity index (χ4v) is 3.41. The van der Waals surface area contributed by atoms with Gasteiger partial charge in [-0.3, -0.25) is 9.10 Å². The van der Waals surface area contributed by atoms with Gasteiger partial charge in [-0.15, -0.1) is 0 Å². The van der Waals surface area contributed by atoms with Gasteiger partial charge in [0.05, 0.1) is 38.8 Å². The summed E-state index contributed by atoms with van der Waals surface area (Å²) in [5, 5.41) is 0.257. The van der Waals surface area contributed by atoms with Gasteiger partial charge in [-0.05, 0) is 18.6 Å². The Labute approximate surface area is 155 Å². The van der Waals surface area contributed by atoms with Crippen LogP contribution in [-0.2, 0) is 19.6 Å². The fraction of sp³-hybridized carbons (Fsp3) is 0.400. The maximum absolute atomic E-state index is 12.3. The Kier molecular flexibility index (Phi) is 5.77. The summed E-state index contributed by atoms with van der Waals surface area (Å²) >= 11 is 6.25. The lowest BCUT2D eigenvalue weighted by atomic mass is 10.1. The van der Waals surface area contributed by atoms with Crippen LogP contribution < -0.4 is 13.8 Å². The van der Waals surface area contributed by atoms with Crippen LogP contribution in [0, 0.1) is 6.92 Å². The number of fused-ring (bicyclic) bond motifs is 1. The smallest absolute Gasteiger partial charge is 0.326 e. The molecule has 0 N–H and O–H groups in total. The highest BCUT2D eigenvalue weighted by atomic mass is 35.5. The van der Waals surface area contributed by atoms with Gasteiger partial charge in [0.15, 0.2) is 0 Å². The number of anilines is 1. The minimum absolute atomic E-state index is 0.0643. The molecule has 2 rings (SSSR count). The Balaban J connectivity index is 2.89. The second-order valence-electron chi connectivity index (χ2n) is 5.29. The quantitative estimate of drug-likeness (QED) is 0.668. The Bertz CT molecular complexity index is 964. The van der Waals surface area contributed by atoms with Gasteiger partial charge in [0.2, 0.25) is 10.0 Å². The molecule has 0 saturated heterocycles. The predicted molar refractivity (Wildman–Crippen MR) is 96.6 cm³/mol. The van der Waals surface area contributed by atoms with Crippen LogP contribution in [0.4, 0.5) is 5.69 Å². The van der Waals surface area contributed by atoms with Crippen LogP contribution in [0.25, 0.3) is 11.0 Å². The molecule has 0 unspecified atom stereocenters. The summed E-state index contributed by atoms with van der Waals surface area (Å²) in [6.45, 7) is 1.08. The van der Waals surface area contributed by atoms with Crippen molar-refractivity contribution in [3.05, 3.63) is 16.7 Å². The van der Waals surface area contributed by atoms with E-state index in [1.165, 1.54) is 27.4 Å². The summed E-state index contributed by atoms with van der Waals surface area (Å²) in [5.41, 5.74) is 1.01. The van der Waals surface area contributed by atoms with E-state index in [1.54, 1.807) is 6.92 Å². The fourth-order valence-electron chi connectivity index (χ4n) is 2.33. The van der Waals surface area contributed by atoms with Crippen LogP contribution in [0.1, 0.15) is 5.56 Å². The highest BCUT2D eigenvalue weighted by Crippen LogP contribution is 2.37. The second kappa shape index (κ2) is 7.50. The standard InChI is InChI=1S/C15H18ClN3O6S/c1-8-9(16)6-10-12(18-15(25-4)14(17-10)24-3)13(8)19(26(5,21)22)7-11(20)23-2/h6H,7H2,1-5H3. The lowest BCUT2D eigenvalue weighted by Crippen LogP contribution is -2.36. The molecular formula is C15H18ClN3O6S. The van der Waals surface area contributed by atoms with E-state index in [9.17, 15) is 13.2 Å². The molecule has 1 aromatic heterocycles. The number of nitrogens with zero attached hydrogens (tertiary/aromatic N) is 3. The van der Waals surface area contributed by atoms with Crippen LogP contribution in [0.2, 0.25) is 5.02 Å². The van der Waals surface area contributed by atoms with Gasteiger partial charge in [-0.2, -0.15) is 0 Å². The third-order valence-corrected chi connectivity index (χ3v) is 5.10. The van der Waals surface area contributed by atoms with Gasteiger partial charge in [0.25, 0.3) is 11.8 Å². The molecule has 26 heavy (non-hydrogen) atoms. The molecule has 0 bridgehead atoms. The van der Waals surface area contributed by atoms with Crippen LogP contribution in [0.15, 0.2) is 6.07 Å². The summed E-state index contributed by atoms with van der Waals surface area (Å²) in [6.07, 6.45) is 0.969. The SMILES string of the molecule is COC(=O)CN(c1c(C)c(Cl)cc2nc(OC)c(OC)nc12)S(C)(=O)=O. The zero-order valence-electron chi connectivity index (χ0n) is 14.9. The normalized spacial score (nSPS) is 11.3. The minimum atomic E-state index is -3.86. The second-order valence-corrected chi connectivity index (χ2v) is 7.60. The zero-order valence-corrected chi connectivity index (χ0v) is 16.4. The van der Waals surface area contributed by atoms with Crippen molar-refractivity contribution in [2.24, 2.45) is 0 Å². The molecule has 1 aromatic carbocycles. The molecule has 0 aliphatic heterocycles. The van der Waals surface area contributed by atoms with Crippen molar-refractivity contribution in [1.82, 2.24) is 9.97 Å². The molecule has 9 nitrogen and oxygen atoms in total. The molecule has 2 aromatic rings. The number of carbonyl (C=O) groups excluding carboxylic acids is 1. The molecule has 0 aliphatic carbocycles. The highest BCUT2D eigenvalue weighted by molar-refractivity contribution is 7.92. The van der Waals surface area contributed by atoms with Crippen molar-refractivity contribution in [3.63, 3.8) is 0 Å². The molecule has 1 heterocycles. The van der Waals surface area contributed by atoms with E-state index in [0.29, 0.717) is 5.56 Å². The number of aromatic nitrogens is 2. The lowest BCUT2D eigenvalue weighted by molar-refractivity contribution is -0.138. The predicted octanol–water partition coefficient (Wildman–Crippen LogP) is 1.55. The third-order valence-electron chi connectivity index (χ3n) is 3.60. The number of sulfonamides is 1. The number of methoxy groups -OCH3 is 3. The van der Waals surface area contributed by atoms with Crippen LogP contribution in [0.5, 0.6) is 11.8 Å². The van der Waals surface area contributed by atoms with E-state index in [0.717, 1.165) is 10.6 Å². The maximum Gasteiger partial charge on any atom is 0.326 e. The van der Waals surface area contributed by atoms with E-state index < -0.39 is 22.5 Å². The molecule has 0 aliphatic rings. The van der Waals surface area contributed by atoms with Gasteiger partial charge >= 0.3 is 5.97 Å². The Morgan fingerprint density at radius 1 is 1.19 bits per heavy atom. The number of carbonyl (C=O) groups is 1.